The summed E-state index contributed by atoms with van der Waals surface area (Å²) in [5.74, 6) is 0. The molecule has 1 nitrogen and oxygen atoms in total. The Labute approximate surface area is 52.6 Å². The molecule has 1 aromatic heterocycles. The first-order valence-electron chi connectivity index (χ1n) is 2.83. The van der Waals surface area contributed by atoms with Crippen molar-refractivity contribution in [2.75, 3.05) is 0 Å². The molecule has 1 aliphatic carbocycles. The lowest BCUT2D eigenvalue weighted by atomic mass is 10.3. The summed E-state index contributed by atoms with van der Waals surface area (Å²) in [6, 6.07) is 0. The Hall–Kier alpha value is -1.24. The molecule has 0 unspecified atom stereocenters. The summed E-state index contributed by atoms with van der Waals surface area (Å²) >= 11 is 0. The van der Waals surface area contributed by atoms with Crippen LogP contribution in [0.1, 0.15) is 5.56 Å². The first kappa shape index (κ1) is 4.62. The highest BCUT2D eigenvalue weighted by molar-refractivity contribution is 5.65. The van der Waals surface area contributed by atoms with Gasteiger partial charge in [0.1, 0.15) is 5.42 Å². The van der Waals surface area contributed by atoms with Crippen LogP contribution in [0.25, 0.3) is 18.7 Å². The van der Waals surface area contributed by atoms with Gasteiger partial charge < -0.3 is 4.42 Å². The molecule has 0 fully saturated rings. The van der Waals surface area contributed by atoms with Gasteiger partial charge in [-0.3, -0.25) is 0 Å². The highest BCUT2D eigenvalue weighted by Crippen LogP contribution is 1.98. The standard InChI is InChI=1S/C8H6O/c1-6-8-4-2-3-7(8)5-9-6/h2-5H,1H2. The Morgan fingerprint density at radius 1 is 1.44 bits per heavy atom. The average molecular weight is 118 g/mol. The Kier molecular flexibility index (Phi) is 0.707. The fourth-order valence-corrected chi connectivity index (χ4v) is 0.989. The van der Waals surface area contributed by atoms with Gasteiger partial charge in [-0.1, -0.05) is 24.8 Å². The van der Waals surface area contributed by atoms with Crippen LogP contribution in [0.5, 0.6) is 0 Å². The Morgan fingerprint density at radius 3 is 3.11 bits per heavy atom. The second-order valence-electron chi connectivity index (χ2n) is 2.05. The quantitative estimate of drug-likeness (QED) is 0.483. The Bertz CT molecular complexity index is 354. The van der Waals surface area contributed by atoms with Gasteiger partial charge in [0.05, 0.1) is 6.26 Å². The maximum atomic E-state index is 5.04. The normalized spacial score (nSPS) is 13.3. The highest BCUT2D eigenvalue weighted by atomic mass is 16.3. The summed E-state index contributed by atoms with van der Waals surface area (Å²) in [7, 11) is 0. The molecule has 1 aromatic rings. The monoisotopic (exact) mass is 118 g/mol. The van der Waals surface area contributed by atoms with Crippen molar-refractivity contribution >= 4 is 18.7 Å². The predicted molar refractivity (Wildman–Crippen MR) is 37.0 cm³/mol. The van der Waals surface area contributed by atoms with Gasteiger partial charge in [-0.05, 0) is 0 Å². The molecule has 0 bridgehead atoms. The van der Waals surface area contributed by atoms with Gasteiger partial charge in [-0.2, -0.15) is 0 Å². The molecule has 44 valence electrons. The predicted octanol–water partition coefficient (Wildman–Crippen LogP) is 0.497. The van der Waals surface area contributed by atoms with Crippen LogP contribution >= 0.6 is 0 Å². The van der Waals surface area contributed by atoms with Crippen molar-refractivity contribution in [2.45, 2.75) is 0 Å². The van der Waals surface area contributed by atoms with Gasteiger partial charge in [-0.25, -0.2) is 0 Å². The van der Waals surface area contributed by atoms with Crippen LogP contribution < -0.4 is 10.6 Å². The van der Waals surface area contributed by atoms with Crippen molar-refractivity contribution in [2.24, 2.45) is 0 Å². The third kappa shape index (κ3) is 0.486. The first-order valence-corrected chi connectivity index (χ1v) is 2.83. The largest absolute Gasteiger partial charge is 0.464 e. The second-order valence-corrected chi connectivity index (χ2v) is 2.05. The molecule has 0 atom stereocenters. The van der Waals surface area contributed by atoms with Crippen LogP contribution in [0.4, 0.5) is 0 Å². The van der Waals surface area contributed by atoms with Gasteiger partial charge in [0, 0.05) is 10.8 Å². The van der Waals surface area contributed by atoms with Crippen LogP contribution in [0, 0.1) is 0 Å². The van der Waals surface area contributed by atoms with E-state index in [4.69, 9.17) is 4.42 Å². The van der Waals surface area contributed by atoms with Gasteiger partial charge in [0.25, 0.3) is 0 Å². The summed E-state index contributed by atoms with van der Waals surface area (Å²) in [6.07, 6.45) is 7.72. The summed E-state index contributed by atoms with van der Waals surface area (Å²) < 4.78 is 5.04. The van der Waals surface area contributed by atoms with Crippen LogP contribution in [0.3, 0.4) is 0 Å². The molecule has 1 aliphatic rings. The zero-order valence-electron chi connectivity index (χ0n) is 4.92. The molecule has 0 amide bonds. The smallest absolute Gasteiger partial charge is 0.127 e. The molecule has 0 saturated carbocycles. The summed E-state index contributed by atoms with van der Waals surface area (Å²) in [5, 5.41) is 1.12. The minimum atomic E-state index is 0.759. The summed E-state index contributed by atoms with van der Waals surface area (Å²) in [6.45, 7) is 3.71. The van der Waals surface area contributed by atoms with E-state index in [1.807, 2.05) is 18.2 Å². The molecular weight excluding hydrogens is 112 g/mol. The zero-order valence-corrected chi connectivity index (χ0v) is 4.92. The first-order chi connectivity index (χ1) is 4.38. The van der Waals surface area contributed by atoms with E-state index in [1.54, 1.807) is 6.26 Å². The number of rotatable bonds is 0. The average Bonchev–Trinajstić information content (AvgIpc) is 2.35. The molecular formula is C8H6O. The van der Waals surface area contributed by atoms with Gasteiger partial charge in [0.15, 0.2) is 0 Å². The van der Waals surface area contributed by atoms with E-state index in [9.17, 15) is 0 Å². The maximum absolute atomic E-state index is 5.04. The fraction of sp³-hybridized carbons (Fsp3) is 0. The number of hydrogen-bond acceptors (Lipinski definition) is 1. The molecule has 0 aliphatic heterocycles. The van der Waals surface area contributed by atoms with Crippen molar-refractivity contribution < 1.29 is 4.42 Å². The van der Waals surface area contributed by atoms with E-state index in [-0.39, 0.29) is 0 Å². The lowest BCUT2D eigenvalue weighted by Crippen LogP contribution is -2.17. The molecule has 9 heavy (non-hydrogen) atoms. The lowest BCUT2D eigenvalue weighted by molar-refractivity contribution is 0.532. The van der Waals surface area contributed by atoms with E-state index in [0.29, 0.717) is 0 Å². The molecule has 0 spiro atoms. The molecule has 0 aromatic carbocycles. The Morgan fingerprint density at radius 2 is 2.33 bits per heavy atom. The lowest BCUT2D eigenvalue weighted by Gasteiger charge is -1.68. The fourth-order valence-electron chi connectivity index (χ4n) is 0.989. The molecule has 1 heterocycles. The van der Waals surface area contributed by atoms with Crippen molar-refractivity contribution in [1.82, 2.24) is 0 Å². The van der Waals surface area contributed by atoms with E-state index >= 15 is 0 Å². The van der Waals surface area contributed by atoms with E-state index < -0.39 is 0 Å². The van der Waals surface area contributed by atoms with Crippen LogP contribution in [-0.4, -0.2) is 0 Å². The molecule has 1 heteroatoms. The third-order valence-corrected chi connectivity index (χ3v) is 1.48. The number of fused-ring (bicyclic) bond motifs is 1. The number of hydrogen-bond donors (Lipinski definition) is 0. The van der Waals surface area contributed by atoms with Crippen LogP contribution in [0.15, 0.2) is 16.8 Å². The SMILES string of the molecule is C=c1occ2c1=CC=C2. The maximum Gasteiger partial charge on any atom is 0.127 e. The van der Waals surface area contributed by atoms with Crippen molar-refractivity contribution in [3.05, 3.63) is 28.5 Å². The minimum absolute atomic E-state index is 0.759. The highest BCUT2D eigenvalue weighted by Gasteiger charge is 1.98. The van der Waals surface area contributed by atoms with Crippen molar-refractivity contribution in [1.29, 1.82) is 0 Å². The van der Waals surface area contributed by atoms with Crippen molar-refractivity contribution in [3.63, 3.8) is 0 Å². The van der Waals surface area contributed by atoms with E-state index in [0.717, 1.165) is 16.2 Å². The van der Waals surface area contributed by atoms with Crippen molar-refractivity contribution in [3.8, 4) is 0 Å². The minimum Gasteiger partial charge on any atom is -0.464 e. The molecule has 0 radical (unpaired) electrons. The Balaban J connectivity index is 3.04. The number of furan rings is 1. The summed E-state index contributed by atoms with van der Waals surface area (Å²) in [5.41, 5.74) is 1.90. The molecule has 0 N–H and O–H groups in total. The van der Waals surface area contributed by atoms with Crippen LogP contribution in [-0.2, 0) is 0 Å². The molecule has 2 rings (SSSR count). The van der Waals surface area contributed by atoms with E-state index in [2.05, 4.69) is 6.58 Å². The zero-order chi connectivity index (χ0) is 6.27. The van der Waals surface area contributed by atoms with E-state index in [1.165, 1.54) is 0 Å². The third-order valence-electron chi connectivity index (χ3n) is 1.48. The van der Waals surface area contributed by atoms with Gasteiger partial charge in [-0.15, -0.1) is 0 Å². The molecule has 0 saturated heterocycles. The topological polar surface area (TPSA) is 13.1 Å². The van der Waals surface area contributed by atoms with Gasteiger partial charge >= 0.3 is 0 Å². The number of allylic oxidation sites excluding steroid dienone is 1. The summed E-state index contributed by atoms with van der Waals surface area (Å²) in [4.78, 5) is 0. The van der Waals surface area contributed by atoms with Crippen LogP contribution in [0.2, 0.25) is 0 Å². The second kappa shape index (κ2) is 1.38. The van der Waals surface area contributed by atoms with Gasteiger partial charge in [0.2, 0.25) is 0 Å².